The van der Waals surface area contributed by atoms with Crippen molar-refractivity contribution in [1.29, 1.82) is 0 Å². The lowest BCUT2D eigenvalue weighted by Crippen LogP contribution is -2.13. The van der Waals surface area contributed by atoms with Gasteiger partial charge in [0.25, 0.3) is 6.43 Å². The molecule has 1 rings (SSSR count). The number of aromatic nitrogens is 1. The molecule has 0 aliphatic heterocycles. The van der Waals surface area contributed by atoms with Crippen LogP contribution in [0.2, 0.25) is 0 Å². The van der Waals surface area contributed by atoms with E-state index >= 15 is 0 Å². The Morgan fingerprint density at radius 3 is 2.93 bits per heavy atom. The molecule has 0 unspecified atom stereocenters. The van der Waals surface area contributed by atoms with Gasteiger partial charge >= 0.3 is 0 Å². The number of nitrogens with zero attached hydrogens (tertiary/aromatic N) is 1. The van der Waals surface area contributed by atoms with Gasteiger partial charge in [-0.2, -0.15) is 0 Å². The van der Waals surface area contributed by atoms with Crippen LogP contribution < -0.4 is 5.32 Å². The summed E-state index contributed by atoms with van der Waals surface area (Å²) in [6, 6.07) is 5.43. The van der Waals surface area contributed by atoms with E-state index in [1.54, 1.807) is 12.1 Å². The molecule has 15 heavy (non-hydrogen) atoms. The van der Waals surface area contributed by atoms with Crippen molar-refractivity contribution in [2.75, 3.05) is 25.1 Å². The van der Waals surface area contributed by atoms with Crippen LogP contribution >= 0.6 is 15.9 Å². The molecule has 0 aliphatic rings. The van der Waals surface area contributed by atoms with Gasteiger partial charge in [-0.1, -0.05) is 6.07 Å². The van der Waals surface area contributed by atoms with Crippen molar-refractivity contribution in [1.82, 2.24) is 4.98 Å². The van der Waals surface area contributed by atoms with E-state index in [4.69, 9.17) is 4.74 Å². The molecule has 0 bridgehead atoms. The molecule has 0 atom stereocenters. The Hall–Kier alpha value is -0.750. The zero-order chi connectivity index (χ0) is 11.1. The van der Waals surface area contributed by atoms with E-state index in [1.807, 2.05) is 6.07 Å². The van der Waals surface area contributed by atoms with Crippen LogP contribution in [0.15, 0.2) is 22.8 Å². The summed E-state index contributed by atoms with van der Waals surface area (Å²) >= 11 is 3.22. The van der Waals surface area contributed by atoms with E-state index in [0.717, 1.165) is 4.60 Å². The zero-order valence-electron chi connectivity index (χ0n) is 7.92. The Morgan fingerprint density at radius 2 is 2.27 bits per heavy atom. The number of pyridine rings is 1. The molecule has 0 saturated carbocycles. The van der Waals surface area contributed by atoms with Gasteiger partial charge in [-0.05, 0) is 28.1 Å². The second-order valence-corrected chi connectivity index (χ2v) is 3.55. The first-order valence-electron chi connectivity index (χ1n) is 4.41. The van der Waals surface area contributed by atoms with E-state index in [1.165, 1.54) is 0 Å². The van der Waals surface area contributed by atoms with Crippen LogP contribution in [0.1, 0.15) is 0 Å². The van der Waals surface area contributed by atoms with Gasteiger partial charge in [0.1, 0.15) is 17.0 Å². The maximum atomic E-state index is 11.7. The predicted molar refractivity (Wildman–Crippen MR) is 57.2 cm³/mol. The SMILES string of the molecule is FC(F)COCCNc1cccc(Br)n1. The molecule has 3 nitrogen and oxygen atoms in total. The minimum absolute atomic E-state index is 0.235. The van der Waals surface area contributed by atoms with Gasteiger partial charge in [0.15, 0.2) is 0 Å². The Morgan fingerprint density at radius 1 is 1.47 bits per heavy atom. The fourth-order valence-electron chi connectivity index (χ4n) is 0.930. The summed E-state index contributed by atoms with van der Waals surface area (Å²) in [5.74, 6) is 0.685. The summed E-state index contributed by atoms with van der Waals surface area (Å²) in [5, 5.41) is 2.95. The van der Waals surface area contributed by atoms with Gasteiger partial charge in [-0.15, -0.1) is 0 Å². The second-order valence-electron chi connectivity index (χ2n) is 2.74. The summed E-state index contributed by atoms with van der Waals surface area (Å²) in [5.41, 5.74) is 0. The van der Waals surface area contributed by atoms with Crippen molar-refractivity contribution in [3.8, 4) is 0 Å². The third-order valence-electron chi connectivity index (χ3n) is 1.51. The number of anilines is 1. The van der Waals surface area contributed by atoms with E-state index in [2.05, 4.69) is 26.2 Å². The molecular formula is C9H11BrF2N2O. The summed E-state index contributed by atoms with van der Waals surface area (Å²) in [6.07, 6.45) is -2.41. The third-order valence-corrected chi connectivity index (χ3v) is 1.95. The Bertz CT molecular complexity index is 299. The number of hydrogen-bond acceptors (Lipinski definition) is 3. The van der Waals surface area contributed by atoms with Gasteiger partial charge < -0.3 is 10.1 Å². The van der Waals surface area contributed by atoms with Crippen LogP contribution in [0.4, 0.5) is 14.6 Å². The van der Waals surface area contributed by atoms with Crippen molar-refractivity contribution in [2.24, 2.45) is 0 Å². The summed E-state index contributed by atoms with van der Waals surface area (Å²) in [7, 11) is 0. The number of halogens is 3. The van der Waals surface area contributed by atoms with Gasteiger partial charge in [0.05, 0.1) is 6.61 Å². The van der Waals surface area contributed by atoms with Crippen molar-refractivity contribution in [2.45, 2.75) is 6.43 Å². The van der Waals surface area contributed by atoms with Gasteiger partial charge in [0.2, 0.25) is 0 Å². The van der Waals surface area contributed by atoms with E-state index in [9.17, 15) is 8.78 Å². The van der Waals surface area contributed by atoms with Gasteiger partial charge in [-0.25, -0.2) is 13.8 Å². The van der Waals surface area contributed by atoms with Crippen LogP contribution in [0, 0.1) is 0 Å². The lowest BCUT2D eigenvalue weighted by atomic mass is 10.4. The Kier molecular flexibility index (Phi) is 5.49. The van der Waals surface area contributed by atoms with Gasteiger partial charge in [0, 0.05) is 6.54 Å². The molecule has 0 aromatic carbocycles. The number of ether oxygens (including phenoxy) is 1. The molecule has 0 amide bonds. The summed E-state index contributed by atoms with van der Waals surface area (Å²) in [4.78, 5) is 4.11. The van der Waals surface area contributed by atoms with Crippen LogP contribution in [0.3, 0.4) is 0 Å². The summed E-state index contributed by atoms with van der Waals surface area (Å²) < 4.78 is 28.8. The van der Waals surface area contributed by atoms with E-state index < -0.39 is 13.0 Å². The molecule has 6 heteroatoms. The zero-order valence-corrected chi connectivity index (χ0v) is 9.51. The topological polar surface area (TPSA) is 34.1 Å². The van der Waals surface area contributed by atoms with Crippen molar-refractivity contribution >= 4 is 21.7 Å². The Labute approximate surface area is 95.0 Å². The number of rotatable bonds is 6. The fraction of sp³-hybridized carbons (Fsp3) is 0.444. The molecule has 0 radical (unpaired) electrons. The number of hydrogen-bond donors (Lipinski definition) is 1. The Balaban J connectivity index is 2.15. The van der Waals surface area contributed by atoms with Crippen LogP contribution in [0.25, 0.3) is 0 Å². The second kappa shape index (κ2) is 6.68. The van der Waals surface area contributed by atoms with Crippen LogP contribution in [-0.4, -0.2) is 31.2 Å². The predicted octanol–water partition coefficient (Wildman–Crippen LogP) is 2.54. The molecule has 0 saturated heterocycles. The number of alkyl halides is 2. The molecular weight excluding hydrogens is 270 g/mol. The summed E-state index contributed by atoms with van der Waals surface area (Å²) in [6.45, 7) is 0.169. The fourth-order valence-corrected chi connectivity index (χ4v) is 1.27. The largest absolute Gasteiger partial charge is 0.374 e. The maximum absolute atomic E-state index is 11.7. The highest BCUT2D eigenvalue weighted by molar-refractivity contribution is 9.10. The minimum Gasteiger partial charge on any atom is -0.374 e. The third kappa shape index (κ3) is 5.64. The number of nitrogens with one attached hydrogen (secondary N) is 1. The quantitative estimate of drug-likeness (QED) is 0.642. The first kappa shape index (κ1) is 12.3. The molecule has 0 aliphatic carbocycles. The highest BCUT2D eigenvalue weighted by Crippen LogP contribution is 2.09. The van der Waals surface area contributed by atoms with Gasteiger partial charge in [-0.3, -0.25) is 0 Å². The monoisotopic (exact) mass is 280 g/mol. The standard InChI is InChI=1S/C9H11BrF2N2O/c10-7-2-1-3-9(14-7)13-4-5-15-6-8(11)12/h1-3,8H,4-6H2,(H,13,14). The highest BCUT2D eigenvalue weighted by Gasteiger charge is 2.01. The maximum Gasteiger partial charge on any atom is 0.261 e. The lowest BCUT2D eigenvalue weighted by molar-refractivity contribution is 0.0215. The van der Waals surface area contributed by atoms with Crippen LogP contribution in [0.5, 0.6) is 0 Å². The molecule has 84 valence electrons. The lowest BCUT2D eigenvalue weighted by Gasteiger charge is -2.06. The first-order chi connectivity index (χ1) is 7.18. The van der Waals surface area contributed by atoms with E-state index in [-0.39, 0.29) is 6.61 Å². The van der Waals surface area contributed by atoms with Crippen molar-refractivity contribution in [3.63, 3.8) is 0 Å². The van der Waals surface area contributed by atoms with Crippen molar-refractivity contribution < 1.29 is 13.5 Å². The highest BCUT2D eigenvalue weighted by atomic mass is 79.9. The first-order valence-corrected chi connectivity index (χ1v) is 5.20. The minimum atomic E-state index is -2.41. The van der Waals surface area contributed by atoms with E-state index in [0.29, 0.717) is 12.4 Å². The smallest absolute Gasteiger partial charge is 0.261 e. The van der Waals surface area contributed by atoms with Crippen LogP contribution in [-0.2, 0) is 4.74 Å². The molecule has 1 aromatic rings. The average molecular weight is 281 g/mol. The molecule has 1 aromatic heterocycles. The molecule has 0 fully saturated rings. The molecule has 1 heterocycles. The molecule has 0 spiro atoms. The molecule has 1 N–H and O–H groups in total. The average Bonchev–Trinajstić information content (AvgIpc) is 2.17. The normalized spacial score (nSPS) is 10.7. The van der Waals surface area contributed by atoms with Crippen molar-refractivity contribution in [3.05, 3.63) is 22.8 Å².